The highest BCUT2D eigenvalue weighted by Gasteiger charge is 2.24. The number of ketones is 1. The summed E-state index contributed by atoms with van der Waals surface area (Å²) >= 11 is 0. The van der Waals surface area contributed by atoms with Gasteiger partial charge in [-0.15, -0.1) is 0 Å². The molecule has 2 aromatic heterocycles. The van der Waals surface area contributed by atoms with Gasteiger partial charge in [0.1, 0.15) is 5.69 Å². The Morgan fingerprint density at radius 2 is 1.66 bits per heavy atom. The van der Waals surface area contributed by atoms with E-state index in [0.717, 1.165) is 19.6 Å². The summed E-state index contributed by atoms with van der Waals surface area (Å²) in [5.41, 5.74) is 6.63. The largest absolute Gasteiger partial charge is 0.363 e. The summed E-state index contributed by atoms with van der Waals surface area (Å²) in [7, 11) is 0. The second-order valence-corrected chi connectivity index (χ2v) is 6.90. The molecule has 0 spiro atoms. The topological polar surface area (TPSA) is 114 Å². The van der Waals surface area contributed by atoms with Gasteiger partial charge in [0.2, 0.25) is 5.78 Å². The molecule has 1 aliphatic rings. The zero-order valence-corrected chi connectivity index (χ0v) is 15.7. The van der Waals surface area contributed by atoms with Crippen LogP contribution < -0.4 is 5.73 Å². The van der Waals surface area contributed by atoms with Crippen LogP contribution in [0.2, 0.25) is 0 Å². The average molecular weight is 392 g/mol. The fraction of sp³-hybridized carbons (Fsp3) is 0.250. The van der Waals surface area contributed by atoms with E-state index >= 15 is 0 Å². The number of piperazine rings is 1. The van der Waals surface area contributed by atoms with Crippen LogP contribution in [0.4, 0.5) is 0 Å². The first-order valence-corrected chi connectivity index (χ1v) is 9.26. The van der Waals surface area contributed by atoms with Crippen LogP contribution in [0, 0.1) is 0 Å². The third kappa shape index (κ3) is 3.85. The lowest BCUT2D eigenvalue weighted by atomic mass is 10.2. The fourth-order valence-electron chi connectivity index (χ4n) is 3.41. The van der Waals surface area contributed by atoms with Gasteiger partial charge in [0.25, 0.3) is 17.6 Å². The molecule has 0 saturated carbocycles. The number of hydrogen-bond acceptors (Lipinski definition) is 6. The Labute approximate surface area is 166 Å². The standard InChI is InChI=1S/C20H20N6O3/c21-18(28)17(27)16-11-23-20-22-10-15(13-26(16)20)19(29)25-8-6-24(7-9-25)12-14-4-2-1-3-5-14/h1-5,10-11,13H,6-9,12H2,(H2,21,28). The summed E-state index contributed by atoms with van der Waals surface area (Å²) in [4.78, 5) is 48.2. The van der Waals surface area contributed by atoms with E-state index in [9.17, 15) is 14.4 Å². The minimum atomic E-state index is -1.09. The molecule has 2 N–H and O–H groups in total. The normalized spacial score (nSPS) is 14.8. The number of Topliss-reactive ketones (excluding diaryl/α,β-unsaturated/α-hetero) is 1. The number of amides is 2. The van der Waals surface area contributed by atoms with E-state index in [2.05, 4.69) is 27.0 Å². The van der Waals surface area contributed by atoms with Crippen molar-refractivity contribution in [3.63, 3.8) is 0 Å². The van der Waals surface area contributed by atoms with Gasteiger partial charge in [0.05, 0.1) is 11.8 Å². The Morgan fingerprint density at radius 1 is 0.966 bits per heavy atom. The highest BCUT2D eigenvalue weighted by atomic mass is 16.2. The smallest absolute Gasteiger partial charge is 0.291 e. The number of nitrogens with zero attached hydrogens (tertiary/aromatic N) is 5. The third-order valence-electron chi connectivity index (χ3n) is 4.98. The summed E-state index contributed by atoms with van der Waals surface area (Å²) in [6, 6.07) is 10.2. The number of nitrogens with two attached hydrogens (primary N) is 1. The molecule has 2 amide bonds. The van der Waals surface area contributed by atoms with Crippen molar-refractivity contribution in [2.45, 2.75) is 6.54 Å². The first-order chi connectivity index (χ1) is 14.0. The van der Waals surface area contributed by atoms with Gasteiger partial charge in [-0.1, -0.05) is 30.3 Å². The molecule has 0 radical (unpaired) electrons. The number of benzene rings is 1. The summed E-state index contributed by atoms with van der Waals surface area (Å²) in [5, 5.41) is 0. The lowest BCUT2D eigenvalue weighted by molar-refractivity contribution is -0.114. The van der Waals surface area contributed by atoms with Gasteiger partial charge in [-0.3, -0.25) is 23.7 Å². The Hall–Kier alpha value is -3.59. The van der Waals surface area contributed by atoms with Gasteiger partial charge in [-0.05, 0) is 5.56 Å². The molecule has 1 aromatic carbocycles. The van der Waals surface area contributed by atoms with E-state index in [0.29, 0.717) is 18.7 Å². The zero-order chi connectivity index (χ0) is 20.4. The second kappa shape index (κ2) is 7.80. The summed E-state index contributed by atoms with van der Waals surface area (Å²) in [6.07, 6.45) is 4.13. The van der Waals surface area contributed by atoms with Crippen LogP contribution in [0.3, 0.4) is 0 Å². The van der Waals surface area contributed by atoms with E-state index in [1.54, 1.807) is 4.90 Å². The van der Waals surface area contributed by atoms with Gasteiger partial charge in [-0.25, -0.2) is 9.97 Å². The van der Waals surface area contributed by atoms with Crippen LogP contribution in [-0.4, -0.2) is 67.9 Å². The average Bonchev–Trinajstić information content (AvgIpc) is 3.17. The van der Waals surface area contributed by atoms with E-state index in [-0.39, 0.29) is 17.4 Å². The van der Waals surface area contributed by atoms with E-state index in [1.807, 2.05) is 18.2 Å². The van der Waals surface area contributed by atoms with Crippen LogP contribution in [0.15, 0.2) is 48.9 Å². The molecule has 29 heavy (non-hydrogen) atoms. The van der Waals surface area contributed by atoms with Crippen molar-refractivity contribution in [3.05, 3.63) is 65.7 Å². The summed E-state index contributed by atoms with van der Waals surface area (Å²) in [6.45, 7) is 3.59. The number of rotatable bonds is 5. The minimum absolute atomic E-state index is 0.0117. The van der Waals surface area contributed by atoms with Crippen molar-refractivity contribution in [3.8, 4) is 0 Å². The molecular formula is C20H20N6O3. The molecule has 148 valence electrons. The van der Waals surface area contributed by atoms with Crippen molar-refractivity contribution in [1.29, 1.82) is 0 Å². The van der Waals surface area contributed by atoms with Gasteiger partial charge in [0, 0.05) is 45.1 Å². The van der Waals surface area contributed by atoms with Crippen LogP contribution in [0.25, 0.3) is 5.78 Å². The van der Waals surface area contributed by atoms with Gasteiger partial charge >= 0.3 is 0 Å². The molecule has 3 heterocycles. The Morgan fingerprint density at radius 3 is 2.34 bits per heavy atom. The molecule has 0 aliphatic carbocycles. The fourth-order valence-corrected chi connectivity index (χ4v) is 3.41. The quantitative estimate of drug-likeness (QED) is 0.495. The first-order valence-electron chi connectivity index (χ1n) is 9.26. The molecule has 9 nitrogen and oxygen atoms in total. The van der Waals surface area contributed by atoms with Crippen LogP contribution in [-0.2, 0) is 11.3 Å². The number of primary amides is 1. The zero-order valence-electron chi connectivity index (χ0n) is 15.7. The van der Waals surface area contributed by atoms with E-state index in [1.165, 1.54) is 28.6 Å². The maximum absolute atomic E-state index is 12.9. The van der Waals surface area contributed by atoms with Crippen molar-refractivity contribution in [1.82, 2.24) is 24.2 Å². The number of hydrogen-bond donors (Lipinski definition) is 1. The first kappa shape index (κ1) is 18.8. The van der Waals surface area contributed by atoms with Crippen molar-refractivity contribution in [2.24, 2.45) is 5.73 Å². The number of carbonyl (C=O) groups excluding carboxylic acids is 3. The maximum Gasteiger partial charge on any atom is 0.291 e. The molecule has 9 heteroatoms. The van der Waals surface area contributed by atoms with Crippen molar-refractivity contribution in [2.75, 3.05) is 26.2 Å². The lowest BCUT2D eigenvalue weighted by Crippen LogP contribution is -2.48. The molecule has 1 saturated heterocycles. The van der Waals surface area contributed by atoms with Gasteiger partial charge in [-0.2, -0.15) is 0 Å². The summed E-state index contributed by atoms with van der Waals surface area (Å²) < 4.78 is 1.33. The molecule has 4 rings (SSSR count). The predicted octanol–water partition coefficient (Wildman–Crippen LogP) is 0.355. The molecule has 0 atom stereocenters. The third-order valence-corrected chi connectivity index (χ3v) is 4.98. The Balaban J connectivity index is 1.46. The number of aromatic nitrogens is 3. The molecule has 0 unspecified atom stereocenters. The van der Waals surface area contributed by atoms with Crippen LogP contribution >= 0.6 is 0 Å². The van der Waals surface area contributed by atoms with Crippen molar-refractivity contribution >= 4 is 23.4 Å². The monoisotopic (exact) mass is 392 g/mol. The highest BCUT2D eigenvalue weighted by molar-refractivity contribution is 6.41. The minimum Gasteiger partial charge on any atom is -0.363 e. The molecule has 3 aromatic rings. The van der Waals surface area contributed by atoms with Crippen LogP contribution in [0.5, 0.6) is 0 Å². The second-order valence-electron chi connectivity index (χ2n) is 6.90. The number of imidazole rings is 1. The van der Waals surface area contributed by atoms with E-state index in [4.69, 9.17) is 5.73 Å². The maximum atomic E-state index is 12.9. The predicted molar refractivity (Wildman–Crippen MR) is 104 cm³/mol. The molecular weight excluding hydrogens is 372 g/mol. The van der Waals surface area contributed by atoms with Crippen molar-refractivity contribution < 1.29 is 14.4 Å². The van der Waals surface area contributed by atoms with Gasteiger partial charge in [0.15, 0.2) is 0 Å². The number of carbonyl (C=O) groups is 3. The highest BCUT2D eigenvalue weighted by Crippen LogP contribution is 2.13. The van der Waals surface area contributed by atoms with E-state index < -0.39 is 11.7 Å². The van der Waals surface area contributed by atoms with Crippen LogP contribution in [0.1, 0.15) is 26.4 Å². The Bertz CT molecular complexity index is 1070. The van der Waals surface area contributed by atoms with Gasteiger partial charge < -0.3 is 10.6 Å². The number of fused-ring (bicyclic) bond motifs is 1. The lowest BCUT2D eigenvalue weighted by Gasteiger charge is -2.34. The summed E-state index contributed by atoms with van der Waals surface area (Å²) in [5.74, 6) is -1.92. The molecule has 0 bridgehead atoms. The Kier molecular flexibility index (Phi) is 5.05. The molecule has 1 fully saturated rings. The molecule has 1 aliphatic heterocycles. The SMILES string of the molecule is NC(=O)C(=O)c1cnc2ncc(C(=O)N3CCN(Cc4ccccc4)CC3)cn12.